The van der Waals surface area contributed by atoms with Crippen LogP contribution < -0.4 is 21.1 Å². The van der Waals surface area contributed by atoms with Gasteiger partial charge in [0.1, 0.15) is 18.2 Å². The van der Waals surface area contributed by atoms with Crippen molar-refractivity contribution in [1.29, 1.82) is 0 Å². The lowest BCUT2D eigenvalue weighted by Gasteiger charge is -2.30. The van der Waals surface area contributed by atoms with E-state index in [1.807, 2.05) is 51.7 Å². The molecule has 55 heavy (non-hydrogen) atoms. The second-order valence-corrected chi connectivity index (χ2v) is 10.9. The summed E-state index contributed by atoms with van der Waals surface area (Å²) in [7, 11) is 0. The van der Waals surface area contributed by atoms with Gasteiger partial charge in [-0.2, -0.15) is 0 Å². The fraction of sp³-hybridized carbons (Fsp3) is 0.425. The lowest BCUT2D eigenvalue weighted by molar-refractivity contribution is -0.137. The van der Waals surface area contributed by atoms with Crippen molar-refractivity contribution < 1.29 is 43.7 Å². The van der Waals surface area contributed by atoms with E-state index in [1.54, 1.807) is 19.9 Å². The van der Waals surface area contributed by atoms with Gasteiger partial charge in [-0.15, -0.1) is 19.3 Å². The zero-order chi connectivity index (χ0) is 42.7. The number of aryl methyl sites for hydroxylation is 2. The summed E-state index contributed by atoms with van der Waals surface area (Å²) in [5.74, 6) is -0.520. The van der Waals surface area contributed by atoms with Crippen LogP contribution >= 0.6 is 0 Å². The van der Waals surface area contributed by atoms with Gasteiger partial charge in [0.05, 0.1) is 29.1 Å². The number of aromatic nitrogens is 2. The molecule has 2 amide bonds. The highest BCUT2D eigenvalue weighted by molar-refractivity contribution is 5.96. The number of H-pyrrole nitrogens is 1. The number of carboxylic acids is 2. The molecule has 15 heteroatoms. The van der Waals surface area contributed by atoms with Crippen LogP contribution in [0.2, 0.25) is 0 Å². The van der Waals surface area contributed by atoms with Crippen LogP contribution in [-0.4, -0.2) is 74.6 Å². The number of nitrogens with zero attached hydrogens (tertiary/aromatic N) is 2. The number of aliphatic carboxylic acids is 2. The first kappa shape index (κ1) is 50.9. The molecule has 0 saturated carbocycles. The first-order valence-electron chi connectivity index (χ1n) is 17.7. The maximum absolute atomic E-state index is 14.8. The largest absolute Gasteiger partial charge is 0.483 e. The first-order chi connectivity index (χ1) is 26.3. The van der Waals surface area contributed by atoms with Crippen LogP contribution in [-0.2, 0) is 25.6 Å². The molecular weight excluding hydrogens is 713 g/mol. The molecule has 1 heterocycles. The van der Waals surface area contributed by atoms with Crippen LogP contribution in [0.25, 0.3) is 10.9 Å². The molecule has 6 N–H and O–H groups in total. The first-order valence-corrected chi connectivity index (χ1v) is 17.7. The maximum atomic E-state index is 14.8. The summed E-state index contributed by atoms with van der Waals surface area (Å²) in [6.07, 6.45) is 16.9. The topological polar surface area (TPSA) is 219 Å². The minimum absolute atomic E-state index is 0.00329. The summed E-state index contributed by atoms with van der Waals surface area (Å²) in [5.41, 5.74) is 2.61. The van der Waals surface area contributed by atoms with Gasteiger partial charge in [-0.05, 0) is 74.1 Å². The van der Waals surface area contributed by atoms with Gasteiger partial charge in [-0.1, -0.05) is 47.5 Å². The van der Waals surface area contributed by atoms with Crippen LogP contribution in [0.1, 0.15) is 107 Å². The molecule has 0 radical (unpaired) electrons. The van der Waals surface area contributed by atoms with Crippen LogP contribution in [0.5, 0.6) is 0 Å². The van der Waals surface area contributed by atoms with Gasteiger partial charge in [-0.25, -0.2) is 9.37 Å². The third-order valence-electron chi connectivity index (χ3n) is 7.58. The highest BCUT2D eigenvalue weighted by Crippen LogP contribution is 2.39. The minimum Gasteiger partial charge on any atom is -0.483 e. The van der Waals surface area contributed by atoms with Crippen molar-refractivity contribution in [2.24, 2.45) is 0 Å². The highest BCUT2D eigenvalue weighted by atomic mass is 19.1. The van der Waals surface area contributed by atoms with E-state index >= 15 is 0 Å². The molecule has 1 aromatic heterocycles. The van der Waals surface area contributed by atoms with Crippen molar-refractivity contribution in [1.82, 2.24) is 20.6 Å². The Labute approximate surface area is 321 Å². The van der Waals surface area contributed by atoms with Crippen molar-refractivity contribution >= 4 is 46.8 Å². The number of carboxylic acid groups (broad SMARTS) is 3. The van der Waals surface area contributed by atoms with E-state index in [0.29, 0.717) is 41.7 Å². The average molecular weight is 768 g/mol. The Balaban J connectivity index is 0. The molecule has 300 valence electrons. The monoisotopic (exact) mass is 767 g/mol. The number of benzene rings is 2. The van der Waals surface area contributed by atoms with Gasteiger partial charge < -0.3 is 35.8 Å². The highest BCUT2D eigenvalue weighted by Gasteiger charge is 2.30. The van der Waals surface area contributed by atoms with Crippen molar-refractivity contribution in [3.05, 3.63) is 69.0 Å². The molecule has 0 spiro atoms. The number of halogens is 1. The van der Waals surface area contributed by atoms with Crippen LogP contribution in [0.4, 0.5) is 10.1 Å². The summed E-state index contributed by atoms with van der Waals surface area (Å²) < 4.78 is 14.8. The maximum Gasteiger partial charge on any atom is 0.322 e. The molecule has 1 unspecified atom stereocenters. The molecule has 0 aliphatic heterocycles. The van der Waals surface area contributed by atoms with Crippen LogP contribution in [0.3, 0.4) is 0 Å². The summed E-state index contributed by atoms with van der Waals surface area (Å²) in [6, 6.07) is 7.64. The summed E-state index contributed by atoms with van der Waals surface area (Å²) >= 11 is 0. The lowest BCUT2D eigenvalue weighted by Crippen LogP contribution is -2.34. The Morgan fingerprint density at radius 2 is 1.71 bits per heavy atom. The molecule has 4 rings (SSSR count). The van der Waals surface area contributed by atoms with E-state index in [0.717, 1.165) is 24.0 Å². The normalized spacial score (nSPS) is 12.1. The predicted molar refractivity (Wildman–Crippen MR) is 211 cm³/mol. The standard InChI is InChI=1S/C24H21FN4O4.C9H17NO3.2C2H6.C2H2.CH2O2/c1-3-8-29(15-5-6-16(19(25)10-15)23(32)26-12-22(30)31)21-7-4-14-9-20-18(11-17(14)21)24(33)28-13(2)27-20;1-3-7(5-6-9(12)13)10-8(11)4-2;3*1-2;2-1-3/h1,5-6,9-11,21H,4,7-8,12H2,2H3,(H,26,32)(H,30,31)(H,27,28,33);7H,3-6H2,1-2H3,(H,10,11)(H,12,13);2*1-2H3;1-2H;1H,(H,2,3)/t;7-;;;;/m.0..../s1. The molecule has 3 aromatic rings. The predicted octanol–water partition coefficient (Wildman–Crippen LogP) is 5.47. The van der Waals surface area contributed by atoms with E-state index in [4.69, 9.17) is 26.5 Å². The van der Waals surface area contributed by atoms with E-state index in [2.05, 4.69) is 39.4 Å². The number of amides is 2. The number of terminal acetylenes is 2. The Kier molecular flexibility index (Phi) is 26.2. The number of hydrogen-bond donors (Lipinski definition) is 6. The van der Waals surface area contributed by atoms with Gasteiger partial charge in [0.2, 0.25) is 5.91 Å². The fourth-order valence-corrected chi connectivity index (χ4v) is 5.26. The van der Waals surface area contributed by atoms with Gasteiger partial charge in [0, 0.05) is 24.6 Å². The molecule has 1 aliphatic carbocycles. The smallest absolute Gasteiger partial charge is 0.322 e. The number of nitrogens with one attached hydrogen (secondary N) is 3. The molecule has 0 saturated heterocycles. The quantitative estimate of drug-likeness (QED) is 0.100. The van der Waals surface area contributed by atoms with Crippen LogP contribution in [0, 0.1) is 37.9 Å². The van der Waals surface area contributed by atoms with E-state index in [9.17, 15) is 28.4 Å². The third kappa shape index (κ3) is 17.0. The molecule has 14 nitrogen and oxygen atoms in total. The van der Waals surface area contributed by atoms with Crippen molar-refractivity contribution in [2.75, 3.05) is 18.0 Å². The Hall–Kier alpha value is -6.22. The third-order valence-corrected chi connectivity index (χ3v) is 7.58. The van der Waals surface area contributed by atoms with Crippen molar-refractivity contribution in [3.8, 4) is 25.2 Å². The number of rotatable bonds is 12. The molecule has 0 fully saturated rings. The Morgan fingerprint density at radius 3 is 2.22 bits per heavy atom. The molecule has 1 aliphatic rings. The second kappa shape index (κ2) is 28.3. The van der Waals surface area contributed by atoms with Gasteiger partial charge in [0.15, 0.2) is 0 Å². The van der Waals surface area contributed by atoms with Crippen LogP contribution in [0.15, 0.2) is 35.1 Å². The van der Waals surface area contributed by atoms with Crippen molar-refractivity contribution in [2.45, 2.75) is 99.1 Å². The second-order valence-electron chi connectivity index (χ2n) is 10.9. The summed E-state index contributed by atoms with van der Waals surface area (Å²) in [4.78, 5) is 73.7. The molecule has 2 aromatic carbocycles. The zero-order valence-corrected chi connectivity index (χ0v) is 32.6. The Morgan fingerprint density at radius 1 is 1.09 bits per heavy atom. The summed E-state index contributed by atoms with van der Waals surface area (Å²) in [5, 5.41) is 29.4. The summed E-state index contributed by atoms with van der Waals surface area (Å²) in [6.45, 7) is 12.8. The number of carbonyl (C=O) groups excluding carboxylic acids is 2. The lowest BCUT2D eigenvalue weighted by atomic mass is 10.0. The van der Waals surface area contributed by atoms with Gasteiger partial charge in [0.25, 0.3) is 17.9 Å². The number of aromatic amines is 1. The fourth-order valence-electron chi connectivity index (χ4n) is 5.26. The SMILES string of the molecule is C#C.C#CCN(c1ccc(C(=O)NCC(=O)O)c(F)c1)C1CCc2cc3nc(C)[nH]c(=O)c3cc21.CC.CC.CCC(=O)N[C@@H](CC)CCC(=O)O.O=CO. The van der Waals surface area contributed by atoms with E-state index in [1.165, 1.54) is 12.1 Å². The van der Waals surface area contributed by atoms with Crippen molar-refractivity contribution in [3.63, 3.8) is 0 Å². The number of hydrogen-bond acceptors (Lipinski definition) is 8. The van der Waals surface area contributed by atoms with E-state index in [-0.39, 0.29) is 48.6 Å². The number of fused-ring (bicyclic) bond motifs is 2. The number of carbonyl (C=O) groups is 5. The van der Waals surface area contributed by atoms with Gasteiger partial charge >= 0.3 is 11.9 Å². The van der Waals surface area contributed by atoms with Gasteiger partial charge in [-0.3, -0.25) is 28.8 Å². The average Bonchev–Trinajstić information content (AvgIpc) is 3.58. The zero-order valence-electron chi connectivity index (χ0n) is 32.6. The Bertz CT molecular complexity index is 1820. The minimum atomic E-state index is -1.22. The van der Waals surface area contributed by atoms with E-state index < -0.39 is 30.2 Å². The molecule has 0 bridgehead atoms. The molecule has 2 atom stereocenters. The molecular formula is C40H54FN5O9. The number of anilines is 1.